The first-order valence-corrected chi connectivity index (χ1v) is 12.1. The van der Waals surface area contributed by atoms with E-state index in [4.69, 9.17) is 4.74 Å². The van der Waals surface area contributed by atoms with Gasteiger partial charge in [0, 0.05) is 30.6 Å². The van der Waals surface area contributed by atoms with E-state index in [9.17, 15) is 14.3 Å². The van der Waals surface area contributed by atoms with Crippen molar-refractivity contribution in [1.82, 2.24) is 24.5 Å². The summed E-state index contributed by atoms with van der Waals surface area (Å²) in [6.07, 6.45) is 6.12. The van der Waals surface area contributed by atoms with Crippen LogP contribution in [0.15, 0.2) is 50.8 Å². The van der Waals surface area contributed by atoms with Gasteiger partial charge in [-0.2, -0.15) is 0 Å². The zero-order valence-corrected chi connectivity index (χ0v) is 22.2. The molecular formula is C25H26BrFN6O3. The second-order valence-electron chi connectivity index (χ2n) is 9.20. The lowest BCUT2D eigenvalue weighted by molar-refractivity contribution is 0.0686. The first-order chi connectivity index (χ1) is 17.0. The molecule has 0 saturated carbocycles. The number of rotatable bonds is 6. The molecule has 1 atom stereocenters. The zero-order chi connectivity index (χ0) is 26.2. The second-order valence-corrected chi connectivity index (χ2v) is 9.99. The van der Waals surface area contributed by atoms with E-state index in [1.54, 1.807) is 36.9 Å². The highest BCUT2D eigenvalue weighted by Gasteiger charge is 2.28. The number of hydrogen-bond acceptors (Lipinski definition) is 8. The molecule has 1 aliphatic rings. The highest BCUT2D eigenvalue weighted by Crippen LogP contribution is 2.32. The molecule has 0 fully saturated rings. The normalized spacial score (nSPS) is 15.9. The second kappa shape index (κ2) is 9.98. The Kier molecular flexibility index (Phi) is 7.14. The Labute approximate surface area is 216 Å². The summed E-state index contributed by atoms with van der Waals surface area (Å²) >= 11 is 3.36. The number of pyridine rings is 1. The van der Waals surface area contributed by atoms with Crippen molar-refractivity contribution in [3.05, 3.63) is 85.7 Å². The van der Waals surface area contributed by atoms with Crippen LogP contribution in [-0.2, 0) is 12.2 Å². The molecule has 0 radical (unpaired) electrons. The summed E-state index contributed by atoms with van der Waals surface area (Å²) in [5, 5.41) is 10.4. The number of halogens is 2. The molecule has 4 rings (SSSR count). The van der Waals surface area contributed by atoms with Gasteiger partial charge in [0.15, 0.2) is 11.6 Å². The highest BCUT2D eigenvalue weighted by atomic mass is 79.9. The minimum atomic E-state index is -1.20. The molecule has 3 aromatic heterocycles. The molecule has 188 valence electrons. The Balaban J connectivity index is 1.66. The number of aliphatic hydroxyl groups is 1. The Morgan fingerprint density at radius 1 is 1.25 bits per heavy atom. The third-order valence-corrected chi connectivity index (χ3v) is 6.62. The highest BCUT2D eigenvalue weighted by molar-refractivity contribution is 9.10. The summed E-state index contributed by atoms with van der Waals surface area (Å²) in [7, 11) is 0. The summed E-state index contributed by atoms with van der Waals surface area (Å²) in [6.45, 7) is 8.72. The Hall–Kier alpha value is -3.31. The topological polar surface area (TPSA) is 115 Å². The molecule has 4 heterocycles. The number of hydrogen-bond donors (Lipinski definition) is 1. The van der Waals surface area contributed by atoms with E-state index in [-0.39, 0.29) is 28.4 Å². The van der Waals surface area contributed by atoms with E-state index < -0.39 is 11.4 Å². The van der Waals surface area contributed by atoms with Crippen molar-refractivity contribution in [3.8, 4) is 5.75 Å². The van der Waals surface area contributed by atoms with Crippen LogP contribution in [0.4, 0.5) is 4.39 Å². The molecule has 1 N–H and O–H groups in total. The van der Waals surface area contributed by atoms with Gasteiger partial charge < -0.3 is 14.4 Å². The molecule has 1 aliphatic heterocycles. The van der Waals surface area contributed by atoms with Gasteiger partial charge in [-0.1, -0.05) is 0 Å². The van der Waals surface area contributed by atoms with Gasteiger partial charge >= 0.3 is 0 Å². The Morgan fingerprint density at radius 3 is 2.69 bits per heavy atom. The summed E-state index contributed by atoms with van der Waals surface area (Å²) < 4.78 is 21.5. The van der Waals surface area contributed by atoms with Crippen molar-refractivity contribution in [2.75, 3.05) is 0 Å². The summed E-state index contributed by atoms with van der Waals surface area (Å²) in [5.41, 5.74) is 2.31. The van der Waals surface area contributed by atoms with Crippen LogP contribution in [0, 0.1) is 19.7 Å². The van der Waals surface area contributed by atoms with Crippen molar-refractivity contribution in [2.24, 2.45) is 4.99 Å². The van der Waals surface area contributed by atoms with Crippen molar-refractivity contribution in [2.45, 2.75) is 59.3 Å². The largest absolute Gasteiger partial charge is 0.486 e. The van der Waals surface area contributed by atoms with Crippen molar-refractivity contribution >= 4 is 21.6 Å². The smallest absolute Gasteiger partial charge is 0.269 e. The molecule has 0 saturated heterocycles. The molecule has 0 aliphatic carbocycles. The minimum absolute atomic E-state index is 0.0938. The number of aromatic nitrogens is 5. The van der Waals surface area contributed by atoms with Gasteiger partial charge in [0.05, 0.1) is 23.6 Å². The van der Waals surface area contributed by atoms with Gasteiger partial charge in [-0.25, -0.2) is 24.3 Å². The van der Waals surface area contributed by atoms with Crippen LogP contribution in [0.25, 0.3) is 0 Å². The van der Waals surface area contributed by atoms with E-state index >= 15 is 0 Å². The molecule has 9 nitrogen and oxygen atoms in total. The molecule has 3 aromatic rings. The average Bonchev–Trinajstić information content (AvgIpc) is 2.82. The predicted octanol–water partition coefficient (Wildman–Crippen LogP) is 4.09. The fourth-order valence-corrected chi connectivity index (χ4v) is 4.34. The molecule has 0 bridgehead atoms. The average molecular weight is 557 g/mol. The van der Waals surface area contributed by atoms with Crippen LogP contribution in [0.5, 0.6) is 5.75 Å². The van der Waals surface area contributed by atoms with E-state index in [2.05, 4.69) is 40.9 Å². The molecule has 1 unspecified atom stereocenters. The number of ether oxygens (including phenoxy) is 1. The number of nitrogens with zero attached hydrogens (tertiary/aromatic N) is 6. The Morgan fingerprint density at radius 2 is 2.00 bits per heavy atom. The fourth-order valence-electron chi connectivity index (χ4n) is 3.92. The van der Waals surface area contributed by atoms with Crippen LogP contribution in [0.3, 0.4) is 0 Å². The van der Waals surface area contributed by atoms with Crippen LogP contribution in [0.1, 0.15) is 61.7 Å². The minimum Gasteiger partial charge on any atom is -0.486 e. The fraction of sp³-hybridized carbons (Fsp3) is 0.360. The maximum atomic E-state index is 13.9. The monoisotopic (exact) mass is 556 g/mol. The molecule has 36 heavy (non-hydrogen) atoms. The van der Waals surface area contributed by atoms with Gasteiger partial charge in [0.25, 0.3) is 5.56 Å². The van der Waals surface area contributed by atoms with Gasteiger partial charge in [-0.15, -0.1) is 0 Å². The van der Waals surface area contributed by atoms with Gasteiger partial charge in [-0.05, 0) is 61.7 Å². The van der Waals surface area contributed by atoms with Gasteiger partial charge in [-0.3, -0.25) is 9.79 Å². The van der Waals surface area contributed by atoms with Crippen molar-refractivity contribution in [3.63, 3.8) is 0 Å². The van der Waals surface area contributed by atoms with Gasteiger partial charge in [0.1, 0.15) is 34.5 Å². The van der Waals surface area contributed by atoms with Crippen LogP contribution < -0.4 is 10.3 Å². The SMILES string of the molecule is CC1=CN=C(c2nc(C(C)(C)O)ncc2C)CC1n1c(C)cc(OCc2ncncc2F)c(Br)c1=O. The quantitative estimate of drug-likeness (QED) is 0.486. The molecule has 0 aromatic carbocycles. The van der Waals surface area contributed by atoms with E-state index in [1.807, 2.05) is 20.8 Å². The van der Waals surface area contributed by atoms with Gasteiger partial charge in [0.2, 0.25) is 0 Å². The maximum absolute atomic E-state index is 13.9. The lowest BCUT2D eigenvalue weighted by atomic mass is 9.96. The molecule has 0 spiro atoms. The standard InChI is InChI=1S/C25H26BrFN6O3/c1-13-8-29-17(22-14(2)9-30-24(32-22)25(4,5)35)7-19(13)33-15(3)6-20(21(26)23(33)34)36-11-18-16(27)10-28-12-31-18/h6,8-10,12,19,35H,7,11H2,1-5H3. The van der Waals surface area contributed by atoms with E-state index in [0.29, 0.717) is 35.1 Å². The third-order valence-electron chi connectivity index (χ3n) is 5.89. The Bertz CT molecular complexity index is 1440. The van der Waals surface area contributed by atoms with Crippen LogP contribution in [-0.4, -0.2) is 35.3 Å². The lowest BCUT2D eigenvalue weighted by Crippen LogP contribution is -2.32. The maximum Gasteiger partial charge on any atom is 0.269 e. The summed E-state index contributed by atoms with van der Waals surface area (Å²) in [4.78, 5) is 34.4. The number of aliphatic imine (C=N–C) groups is 1. The molecular weight excluding hydrogens is 531 g/mol. The summed E-state index contributed by atoms with van der Waals surface area (Å²) in [6, 6.07) is 1.42. The number of aryl methyl sites for hydroxylation is 2. The molecule has 11 heteroatoms. The van der Waals surface area contributed by atoms with E-state index in [1.165, 1.54) is 6.33 Å². The van der Waals surface area contributed by atoms with Crippen LogP contribution >= 0.6 is 15.9 Å². The summed E-state index contributed by atoms with van der Waals surface area (Å²) in [5.74, 6) is 0.00660. The lowest BCUT2D eigenvalue weighted by Gasteiger charge is -2.27. The number of allylic oxidation sites excluding steroid dienone is 1. The van der Waals surface area contributed by atoms with Crippen LogP contribution in [0.2, 0.25) is 0 Å². The predicted molar refractivity (Wildman–Crippen MR) is 135 cm³/mol. The third kappa shape index (κ3) is 5.12. The van der Waals surface area contributed by atoms with Crippen molar-refractivity contribution in [1.29, 1.82) is 0 Å². The first kappa shape index (κ1) is 25.8. The first-order valence-electron chi connectivity index (χ1n) is 11.3. The van der Waals surface area contributed by atoms with Crippen molar-refractivity contribution < 1.29 is 14.2 Å². The van der Waals surface area contributed by atoms with E-state index in [0.717, 1.165) is 17.3 Å². The molecule has 0 amide bonds. The zero-order valence-electron chi connectivity index (χ0n) is 20.6.